The average Bonchev–Trinajstić information content (AvgIpc) is 2.27. The number of nitrogens with zero attached hydrogens (tertiary/aromatic N) is 1. The van der Waals surface area contributed by atoms with E-state index in [1.807, 2.05) is 24.4 Å². The minimum Gasteiger partial charge on any atom is -0.354 e. The van der Waals surface area contributed by atoms with Gasteiger partial charge in [-0.25, -0.2) is 0 Å². The molecule has 16 heavy (non-hydrogen) atoms. The van der Waals surface area contributed by atoms with Crippen LogP contribution in [-0.2, 0) is 9.47 Å². The summed E-state index contributed by atoms with van der Waals surface area (Å²) in [4.78, 5) is 4.27. The number of halogens is 2. The SMILES string of the molecule is COC(C/N=C\c1ccc(I)cc1Br)OC. The highest BCUT2D eigenvalue weighted by Crippen LogP contribution is 2.18. The zero-order valence-corrected chi connectivity index (χ0v) is 12.9. The highest BCUT2D eigenvalue weighted by Gasteiger charge is 2.02. The van der Waals surface area contributed by atoms with E-state index in [0.29, 0.717) is 6.54 Å². The lowest BCUT2D eigenvalue weighted by Gasteiger charge is -2.09. The standard InChI is InChI=1S/C11H13BrINO2/c1-15-11(16-2)7-14-6-8-3-4-9(13)5-10(8)12/h3-6,11H,7H2,1-2H3/b14-6-. The van der Waals surface area contributed by atoms with Gasteiger partial charge in [-0.15, -0.1) is 0 Å². The Morgan fingerprint density at radius 1 is 1.44 bits per heavy atom. The van der Waals surface area contributed by atoms with Crippen molar-refractivity contribution in [3.8, 4) is 0 Å². The van der Waals surface area contributed by atoms with Crippen LogP contribution in [0.15, 0.2) is 27.7 Å². The molecule has 88 valence electrons. The zero-order chi connectivity index (χ0) is 12.0. The number of ether oxygens (including phenoxy) is 2. The van der Waals surface area contributed by atoms with E-state index in [0.717, 1.165) is 10.0 Å². The van der Waals surface area contributed by atoms with E-state index in [4.69, 9.17) is 9.47 Å². The maximum Gasteiger partial charge on any atom is 0.176 e. The fourth-order valence-corrected chi connectivity index (χ4v) is 2.49. The molecule has 3 nitrogen and oxygen atoms in total. The van der Waals surface area contributed by atoms with Crippen LogP contribution in [0.3, 0.4) is 0 Å². The van der Waals surface area contributed by atoms with Crippen LogP contribution in [0.25, 0.3) is 0 Å². The monoisotopic (exact) mass is 397 g/mol. The van der Waals surface area contributed by atoms with E-state index in [-0.39, 0.29) is 6.29 Å². The second-order valence-corrected chi connectivity index (χ2v) is 5.16. The molecule has 1 aromatic carbocycles. The molecule has 0 amide bonds. The third-order valence-electron chi connectivity index (χ3n) is 1.97. The van der Waals surface area contributed by atoms with Crippen LogP contribution in [0.1, 0.15) is 5.56 Å². The van der Waals surface area contributed by atoms with Gasteiger partial charge in [0.25, 0.3) is 0 Å². The molecule has 1 rings (SSSR count). The van der Waals surface area contributed by atoms with Gasteiger partial charge in [0.1, 0.15) is 0 Å². The fraction of sp³-hybridized carbons (Fsp3) is 0.364. The van der Waals surface area contributed by atoms with Crippen LogP contribution in [-0.4, -0.2) is 33.3 Å². The third-order valence-corrected chi connectivity index (χ3v) is 3.33. The first-order valence-electron chi connectivity index (χ1n) is 4.68. The van der Waals surface area contributed by atoms with Crippen molar-refractivity contribution in [1.82, 2.24) is 0 Å². The molecule has 0 fully saturated rings. The van der Waals surface area contributed by atoms with Gasteiger partial charge < -0.3 is 9.47 Å². The molecule has 0 unspecified atom stereocenters. The average molecular weight is 398 g/mol. The third kappa shape index (κ3) is 4.48. The number of benzene rings is 1. The maximum atomic E-state index is 5.04. The van der Waals surface area contributed by atoms with Crippen LogP contribution in [0.4, 0.5) is 0 Å². The highest BCUT2D eigenvalue weighted by atomic mass is 127. The number of methoxy groups -OCH3 is 2. The Morgan fingerprint density at radius 3 is 2.69 bits per heavy atom. The molecular formula is C11H13BrINO2. The maximum absolute atomic E-state index is 5.04. The normalized spacial score (nSPS) is 11.6. The van der Waals surface area contributed by atoms with Crippen molar-refractivity contribution in [3.05, 3.63) is 31.8 Å². The van der Waals surface area contributed by atoms with Crippen LogP contribution in [0, 0.1) is 3.57 Å². The highest BCUT2D eigenvalue weighted by molar-refractivity contribution is 14.1. The zero-order valence-electron chi connectivity index (χ0n) is 9.11. The van der Waals surface area contributed by atoms with Crippen LogP contribution in [0.5, 0.6) is 0 Å². The van der Waals surface area contributed by atoms with E-state index >= 15 is 0 Å². The van der Waals surface area contributed by atoms with Gasteiger partial charge in [-0.3, -0.25) is 4.99 Å². The van der Waals surface area contributed by atoms with Crippen molar-refractivity contribution in [2.45, 2.75) is 6.29 Å². The predicted molar refractivity (Wildman–Crippen MR) is 77.1 cm³/mol. The number of aliphatic imine (C=N–C) groups is 1. The molecule has 0 heterocycles. The lowest BCUT2D eigenvalue weighted by Crippen LogP contribution is -2.16. The fourth-order valence-electron chi connectivity index (χ4n) is 1.09. The minimum atomic E-state index is -0.279. The summed E-state index contributed by atoms with van der Waals surface area (Å²) in [5.74, 6) is 0. The van der Waals surface area contributed by atoms with Crippen molar-refractivity contribution in [3.63, 3.8) is 0 Å². The first kappa shape index (κ1) is 14.1. The van der Waals surface area contributed by atoms with Gasteiger partial charge in [-0.05, 0) is 34.7 Å². The number of hydrogen-bond donors (Lipinski definition) is 0. The Bertz CT molecular complexity index is 367. The summed E-state index contributed by atoms with van der Waals surface area (Å²) in [6, 6.07) is 6.10. The quantitative estimate of drug-likeness (QED) is 0.434. The summed E-state index contributed by atoms with van der Waals surface area (Å²) < 4.78 is 12.3. The second kappa shape index (κ2) is 7.37. The van der Waals surface area contributed by atoms with Crippen molar-refractivity contribution < 1.29 is 9.47 Å². The minimum absolute atomic E-state index is 0.279. The largest absolute Gasteiger partial charge is 0.354 e. The topological polar surface area (TPSA) is 30.8 Å². The molecule has 0 saturated heterocycles. The van der Waals surface area contributed by atoms with Crippen molar-refractivity contribution in [2.75, 3.05) is 20.8 Å². The van der Waals surface area contributed by atoms with E-state index in [1.165, 1.54) is 3.57 Å². The molecule has 0 saturated carbocycles. The first-order chi connectivity index (χ1) is 7.67. The predicted octanol–water partition coefficient (Wildman–Crippen LogP) is 3.09. The van der Waals surface area contributed by atoms with E-state index in [2.05, 4.69) is 43.5 Å². The number of hydrogen-bond acceptors (Lipinski definition) is 3. The van der Waals surface area contributed by atoms with E-state index in [9.17, 15) is 0 Å². The molecule has 1 aromatic rings. The summed E-state index contributed by atoms with van der Waals surface area (Å²) in [6.45, 7) is 0.491. The van der Waals surface area contributed by atoms with Crippen molar-refractivity contribution in [2.24, 2.45) is 4.99 Å². The molecule has 0 aromatic heterocycles. The molecule has 0 aliphatic heterocycles. The van der Waals surface area contributed by atoms with Crippen LogP contribution < -0.4 is 0 Å². The van der Waals surface area contributed by atoms with Gasteiger partial charge in [0.05, 0.1) is 6.54 Å². The lowest BCUT2D eigenvalue weighted by atomic mass is 10.2. The molecule has 0 spiro atoms. The molecule has 0 atom stereocenters. The Kier molecular flexibility index (Phi) is 6.48. The van der Waals surface area contributed by atoms with Gasteiger partial charge in [-0.1, -0.05) is 22.0 Å². The van der Waals surface area contributed by atoms with Crippen molar-refractivity contribution in [1.29, 1.82) is 0 Å². The Morgan fingerprint density at radius 2 is 2.12 bits per heavy atom. The summed E-state index contributed by atoms with van der Waals surface area (Å²) in [5.41, 5.74) is 1.05. The second-order valence-electron chi connectivity index (χ2n) is 3.06. The molecule has 0 aliphatic carbocycles. The van der Waals surface area contributed by atoms with Crippen molar-refractivity contribution >= 4 is 44.7 Å². The van der Waals surface area contributed by atoms with Gasteiger partial charge in [0.2, 0.25) is 0 Å². The van der Waals surface area contributed by atoms with Gasteiger partial charge in [0.15, 0.2) is 6.29 Å². The smallest absolute Gasteiger partial charge is 0.176 e. The molecule has 0 N–H and O–H groups in total. The van der Waals surface area contributed by atoms with Gasteiger partial charge >= 0.3 is 0 Å². The van der Waals surface area contributed by atoms with E-state index in [1.54, 1.807) is 14.2 Å². The van der Waals surface area contributed by atoms with Gasteiger partial charge in [-0.2, -0.15) is 0 Å². The molecule has 0 bridgehead atoms. The molecule has 5 heteroatoms. The first-order valence-corrected chi connectivity index (χ1v) is 6.55. The van der Waals surface area contributed by atoms with Crippen LogP contribution in [0.2, 0.25) is 0 Å². The summed E-state index contributed by atoms with van der Waals surface area (Å²) >= 11 is 5.76. The Labute approximate surface area is 118 Å². The molecular weight excluding hydrogens is 385 g/mol. The van der Waals surface area contributed by atoms with Crippen LogP contribution >= 0.6 is 38.5 Å². The van der Waals surface area contributed by atoms with E-state index < -0.39 is 0 Å². The Balaban J connectivity index is 2.62. The Hall–Kier alpha value is 0.0200. The molecule has 0 aliphatic rings. The lowest BCUT2D eigenvalue weighted by molar-refractivity contribution is -0.0936. The summed E-state index contributed by atoms with van der Waals surface area (Å²) in [7, 11) is 3.20. The summed E-state index contributed by atoms with van der Waals surface area (Å²) in [5, 5.41) is 0. The van der Waals surface area contributed by atoms with Gasteiger partial charge in [0, 0.05) is 34.0 Å². The summed E-state index contributed by atoms with van der Waals surface area (Å²) in [6.07, 6.45) is 1.53. The molecule has 0 radical (unpaired) electrons. The number of rotatable bonds is 5.